The van der Waals surface area contributed by atoms with Crippen molar-refractivity contribution in [3.63, 3.8) is 0 Å². The fourth-order valence-electron chi connectivity index (χ4n) is 3.54. The number of furan rings is 1. The van der Waals surface area contributed by atoms with E-state index in [4.69, 9.17) is 14.5 Å². The van der Waals surface area contributed by atoms with E-state index in [1.54, 1.807) is 0 Å². The Morgan fingerprint density at radius 2 is 1.63 bits per heavy atom. The first-order valence-electron chi connectivity index (χ1n) is 11.5. The average Bonchev–Trinajstić information content (AvgIpc) is 3.22. The van der Waals surface area contributed by atoms with Crippen LogP contribution in [0, 0.1) is 6.07 Å². The zero-order chi connectivity index (χ0) is 24.8. The first-order chi connectivity index (χ1) is 16.1. The summed E-state index contributed by atoms with van der Waals surface area (Å²) in [5, 5.41) is 9.38. The van der Waals surface area contributed by atoms with E-state index >= 15 is 0 Å². The summed E-state index contributed by atoms with van der Waals surface area (Å²) in [5.74, 6) is 1.76. The summed E-state index contributed by atoms with van der Waals surface area (Å²) in [5.41, 5.74) is 6.31. The van der Waals surface area contributed by atoms with E-state index < -0.39 is 0 Å². The second-order valence-corrected chi connectivity index (χ2v) is 9.07. The molecule has 0 spiro atoms. The molecule has 0 unspecified atom stereocenters. The number of aromatic nitrogens is 1. The molecule has 0 amide bonds. The van der Waals surface area contributed by atoms with Gasteiger partial charge in [-0.3, -0.25) is 9.78 Å². The first-order valence-corrected chi connectivity index (χ1v) is 11.5. The van der Waals surface area contributed by atoms with E-state index in [1.165, 1.54) is 31.1 Å². The van der Waals surface area contributed by atoms with Gasteiger partial charge in [-0.15, -0.1) is 35.9 Å². The number of allylic oxidation sites excluding steroid dienone is 2. The van der Waals surface area contributed by atoms with Crippen LogP contribution in [-0.2, 0) is 24.9 Å². The maximum atomic E-state index is 10.0. The van der Waals surface area contributed by atoms with Gasteiger partial charge in [0.2, 0.25) is 5.71 Å². The molecule has 0 aliphatic rings. The fourth-order valence-corrected chi connectivity index (χ4v) is 3.54. The van der Waals surface area contributed by atoms with Crippen molar-refractivity contribution in [2.75, 3.05) is 0 Å². The average molecular weight is 647 g/mol. The molecule has 4 aromatic rings. The molecule has 0 saturated carbocycles. The molecule has 0 aliphatic carbocycles. The number of ketones is 1. The molecule has 1 radical (unpaired) electrons. The monoisotopic (exact) mass is 647 g/mol. The van der Waals surface area contributed by atoms with Crippen molar-refractivity contribution in [1.29, 1.82) is 0 Å². The van der Waals surface area contributed by atoms with Crippen molar-refractivity contribution in [2.45, 2.75) is 53.4 Å². The molecule has 0 bridgehead atoms. The van der Waals surface area contributed by atoms with Crippen LogP contribution in [0.5, 0.6) is 0 Å². The zero-order valence-corrected chi connectivity index (χ0v) is 23.4. The molecule has 5 heteroatoms. The number of nitrogens with zero attached hydrogens (tertiary/aromatic N) is 1. The molecule has 2 aromatic carbocycles. The Morgan fingerprint density at radius 3 is 2.11 bits per heavy atom. The Bertz CT molecular complexity index is 1270. The molecule has 4 nitrogen and oxygen atoms in total. The summed E-state index contributed by atoms with van der Waals surface area (Å²) in [6, 6.07) is 24.1. The van der Waals surface area contributed by atoms with E-state index in [0.29, 0.717) is 17.5 Å². The summed E-state index contributed by atoms with van der Waals surface area (Å²) < 4.78 is 6.16. The number of pyridine rings is 1. The predicted molar refractivity (Wildman–Crippen MR) is 139 cm³/mol. The van der Waals surface area contributed by atoms with Gasteiger partial charge in [-0.2, -0.15) is 0 Å². The molecule has 185 valence electrons. The maximum Gasteiger partial charge on any atom is 0.217 e. The van der Waals surface area contributed by atoms with Crippen LogP contribution in [0.3, 0.4) is 0 Å². The Hall–Kier alpha value is -3.01. The zero-order valence-electron chi connectivity index (χ0n) is 21.0. The minimum Gasteiger partial charge on any atom is -0.512 e. The van der Waals surface area contributed by atoms with Crippen molar-refractivity contribution in [3.05, 3.63) is 89.7 Å². The van der Waals surface area contributed by atoms with Gasteiger partial charge in [0.25, 0.3) is 0 Å². The second kappa shape index (κ2) is 12.6. The van der Waals surface area contributed by atoms with Crippen molar-refractivity contribution >= 4 is 16.9 Å². The normalized spacial score (nSPS) is 11.3. The topological polar surface area (TPSA) is 63.3 Å². The molecule has 0 atom stereocenters. The molecule has 0 aliphatic heterocycles. The number of rotatable bonds is 5. The quantitative estimate of drug-likeness (QED) is 0.135. The van der Waals surface area contributed by atoms with Gasteiger partial charge in [-0.25, -0.2) is 0 Å². The summed E-state index contributed by atoms with van der Waals surface area (Å²) in [6.45, 7) is 11.8. The van der Waals surface area contributed by atoms with Crippen LogP contribution in [0.1, 0.15) is 64.5 Å². The largest absolute Gasteiger partial charge is 0.512 e. The van der Waals surface area contributed by atoms with Gasteiger partial charge in [0.1, 0.15) is 5.76 Å². The molecular formula is C30H32IrNO3-. The Morgan fingerprint density at radius 1 is 0.971 bits per heavy atom. The van der Waals surface area contributed by atoms with Crippen molar-refractivity contribution in [3.8, 4) is 22.6 Å². The first kappa shape index (κ1) is 28.2. The number of benzene rings is 2. The fraction of sp³-hybridized carbons (Fsp3) is 0.267. The minimum atomic E-state index is -0.125. The number of hydrogen-bond donors (Lipinski definition) is 1. The maximum absolute atomic E-state index is 10.0. The summed E-state index contributed by atoms with van der Waals surface area (Å²) >= 11 is 0. The van der Waals surface area contributed by atoms with Crippen LogP contribution in [0.4, 0.5) is 0 Å². The predicted octanol–water partition coefficient (Wildman–Crippen LogP) is 8.24. The van der Waals surface area contributed by atoms with Crippen LogP contribution in [0.2, 0.25) is 0 Å². The van der Waals surface area contributed by atoms with Gasteiger partial charge in [-0.05, 0) is 60.7 Å². The molecular weight excluding hydrogens is 615 g/mol. The Balaban J connectivity index is 0.000000476. The number of hydrogen-bond acceptors (Lipinski definition) is 4. The van der Waals surface area contributed by atoms with E-state index in [1.807, 2.05) is 30.3 Å². The summed E-state index contributed by atoms with van der Waals surface area (Å²) in [4.78, 5) is 14.7. The van der Waals surface area contributed by atoms with E-state index in [-0.39, 0.29) is 31.6 Å². The van der Waals surface area contributed by atoms with Gasteiger partial charge in [-0.1, -0.05) is 45.9 Å². The second-order valence-electron chi connectivity index (χ2n) is 9.07. The smallest absolute Gasteiger partial charge is 0.217 e. The van der Waals surface area contributed by atoms with Gasteiger partial charge < -0.3 is 9.52 Å². The van der Waals surface area contributed by atoms with Gasteiger partial charge >= 0.3 is 0 Å². The molecule has 1 N–H and O–H groups in total. The molecule has 4 rings (SSSR count). The van der Waals surface area contributed by atoms with E-state index in [9.17, 15) is 4.79 Å². The number of carbonyl (C=O) groups excluding carboxylic acids is 1. The molecule has 0 saturated heterocycles. The van der Waals surface area contributed by atoms with Crippen LogP contribution in [-0.4, -0.2) is 15.9 Å². The van der Waals surface area contributed by atoms with Crippen molar-refractivity contribution < 1.29 is 34.4 Å². The van der Waals surface area contributed by atoms with E-state index in [2.05, 4.69) is 64.1 Å². The van der Waals surface area contributed by atoms with Crippen molar-refractivity contribution in [2.24, 2.45) is 0 Å². The van der Waals surface area contributed by atoms with Gasteiger partial charge in [0.05, 0.1) is 5.76 Å². The Kier molecular flexibility index (Phi) is 10.2. The van der Waals surface area contributed by atoms with Crippen LogP contribution in [0.25, 0.3) is 33.7 Å². The third kappa shape index (κ3) is 7.74. The Labute approximate surface area is 221 Å². The van der Waals surface area contributed by atoms with Crippen LogP contribution < -0.4 is 0 Å². The van der Waals surface area contributed by atoms with Gasteiger partial charge in [0.15, 0.2) is 5.78 Å². The number of fused-ring (bicyclic) bond motifs is 1. The number of carbonyl (C=O) groups is 1. The van der Waals surface area contributed by atoms with Gasteiger partial charge in [0, 0.05) is 37.1 Å². The molecule has 0 fully saturated rings. The van der Waals surface area contributed by atoms with Crippen molar-refractivity contribution in [1.82, 2.24) is 4.98 Å². The molecule has 2 heterocycles. The summed E-state index contributed by atoms with van der Waals surface area (Å²) in [6.07, 6.45) is 1.17. The molecule has 2 aromatic heterocycles. The van der Waals surface area contributed by atoms with Crippen LogP contribution >= 0.6 is 0 Å². The minimum absolute atomic E-state index is 0. The van der Waals surface area contributed by atoms with Crippen LogP contribution in [0.15, 0.2) is 76.9 Å². The van der Waals surface area contributed by atoms with E-state index in [0.717, 1.165) is 28.0 Å². The number of aliphatic hydroxyl groups excluding tert-OH is 1. The molecule has 35 heavy (non-hydrogen) atoms. The standard InChI is InChI=1S/C25H24NO.C5H8O2.Ir/c1-16(2)20-12-21(17(3)4)14-22(13-20)24-15-19-10-11-23(26-25(19)27-24)18-8-6-5-7-9-18;1-4(6)3-5(2)7;/h5-8,10-17H,1-4H3;3,6H,1-2H3;/q-1;;/b;4-3-;. The number of aliphatic hydroxyl groups is 1. The third-order valence-corrected chi connectivity index (χ3v) is 5.38. The summed E-state index contributed by atoms with van der Waals surface area (Å²) in [7, 11) is 0. The third-order valence-electron chi connectivity index (χ3n) is 5.38. The SMILES string of the molecule is CC(=O)/C=C(/C)O.CC(C)c1cc(-c2cc3ccc(-c4[c-]cccc4)nc3o2)cc(C(C)C)c1.[Ir].